The highest BCUT2D eigenvalue weighted by atomic mass is 16.3. The van der Waals surface area contributed by atoms with Crippen LogP contribution in [0.3, 0.4) is 0 Å². The Bertz CT molecular complexity index is 587. The van der Waals surface area contributed by atoms with Crippen LogP contribution in [0.4, 0.5) is 0 Å². The van der Waals surface area contributed by atoms with E-state index in [1.165, 1.54) is 5.56 Å². The maximum absolute atomic E-state index is 8.77. The van der Waals surface area contributed by atoms with E-state index in [0.29, 0.717) is 12.3 Å². The predicted octanol–water partition coefficient (Wildman–Crippen LogP) is 4.03. The first-order valence-electron chi connectivity index (χ1n) is 6.78. The summed E-state index contributed by atoms with van der Waals surface area (Å²) in [5.41, 5.74) is 1.35. The normalized spacial score (nSPS) is 12.9. The third-order valence-corrected chi connectivity index (χ3v) is 3.25. The van der Waals surface area contributed by atoms with Gasteiger partial charge in [0.2, 0.25) is 5.76 Å². The van der Waals surface area contributed by atoms with Crippen molar-refractivity contribution in [2.75, 3.05) is 0 Å². The fourth-order valence-corrected chi connectivity index (χ4v) is 2.31. The number of benzene rings is 1. The molecule has 3 nitrogen and oxygen atoms in total. The molecule has 0 amide bonds. The van der Waals surface area contributed by atoms with E-state index < -0.39 is 0 Å². The van der Waals surface area contributed by atoms with Crippen LogP contribution in [0, 0.1) is 16.7 Å². The molecule has 0 spiro atoms. The summed E-state index contributed by atoms with van der Waals surface area (Å²) >= 11 is 0. The van der Waals surface area contributed by atoms with Crippen molar-refractivity contribution >= 4 is 0 Å². The highest BCUT2D eigenvalue weighted by molar-refractivity contribution is 5.22. The zero-order valence-electron chi connectivity index (χ0n) is 12.2. The molecular weight excluding hydrogens is 248 g/mol. The van der Waals surface area contributed by atoms with Crippen LogP contribution in [-0.2, 0) is 6.54 Å². The van der Waals surface area contributed by atoms with Gasteiger partial charge in [-0.2, -0.15) is 5.26 Å². The van der Waals surface area contributed by atoms with Crippen LogP contribution in [0.1, 0.15) is 43.9 Å². The minimum atomic E-state index is 0.0893. The van der Waals surface area contributed by atoms with Gasteiger partial charge in [-0.15, -0.1) is 0 Å². The number of rotatable bonds is 4. The van der Waals surface area contributed by atoms with E-state index in [1.54, 1.807) is 6.07 Å². The molecule has 1 heterocycles. The average molecular weight is 268 g/mol. The fourth-order valence-electron chi connectivity index (χ4n) is 2.31. The van der Waals surface area contributed by atoms with E-state index in [-0.39, 0.29) is 11.5 Å². The van der Waals surface area contributed by atoms with E-state index in [4.69, 9.17) is 9.68 Å². The molecular formula is C17H20N2O. The number of nitrogens with one attached hydrogen (secondary N) is 1. The van der Waals surface area contributed by atoms with Crippen molar-refractivity contribution in [2.24, 2.45) is 5.41 Å². The smallest absolute Gasteiger partial charge is 0.203 e. The molecule has 2 rings (SSSR count). The van der Waals surface area contributed by atoms with Gasteiger partial charge in [-0.3, -0.25) is 0 Å². The lowest BCUT2D eigenvalue weighted by molar-refractivity contribution is 0.264. The lowest BCUT2D eigenvalue weighted by Crippen LogP contribution is -2.31. The first-order chi connectivity index (χ1) is 9.50. The molecule has 0 aliphatic rings. The highest BCUT2D eigenvalue weighted by Gasteiger charge is 2.25. The summed E-state index contributed by atoms with van der Waals surface area (Å²) in [7, 11) is 0. The van der Waals surface area contributed by atoms with Gasteiger partial charge in [0.1, 0.15) is 11.8 Å². The summed E-state index contributed by atoms with van der Waals surface area (Å²) in [6, 6.07) is 16.2. The number of furan rings is 1. The molecule has 1 unspecified atom stereocenters. The summed E-state index contributed by atoms with van der Waals surface area (Å²) in [6.45, 7) is 7.24. The largest absolute Gasteiger partial charge is 0.449 e. The zero-order valence-corrected chi connectivity index (χ0v) is 12.2. The second-order valence-electron chi connectivity index (χ2n) is 5.97. The number of nitrogens with zero attached hydrogens (tertiary/aromatic N) is 1. The molecule has 0 saturated heterocycles. The van der Waals surface area contributed by atoms with Crippen LogP contribution in [0.2, 0.25) is 0 Å². The molecule has 0 saturated carbocycles. The molecule has 0 aliphatic carbocycles. The van der Waals surface area contributed by atoms with Crippen molar-refractivity contribution in [3.8, 4) is 6.07 Å². The van der Waals surface area contributed by atoms with Crippen molar-refractivity contribution < 1.29 is 4.42 Å². The topological polar surface area (TPSA) is 49.0 Å². The van der Waals surface area contributed by atoms with E-state index >= 15 is 0 Å². The number of nitriles is 1. The first-order valence-corrected chi connectivity index (χ1v) is 6.78. The molecule has 0 aliphatic heterocycles. The Balaban J connectivity index is 2.12. The molecule has 1 aromatic carbocycles. The van der Waals surface area contributed by atoms with Gasteiger partial charge in [0.25, 0.3) is 0 Å². The summed E-state index contributed by atoms with van der Waals surface area (Å²) < 4.78 is 5.41. The third-order valence-electron chi connectivity index (χ3n) is 3.25. The number of hydrogen-bond acceptors (Lipinski definition) is 3. The van der Waals surface area contributed by atoms with Crippen LogP contribution in [0.15, 0.2) is 46.9 Å². The van der Waals surface area contributed by atoms with Crippen LogP contribution < -0.4 is 5.32 Å². The molecule has 20 heavy (non-hydrogen) atoms. The minimum Gasteiger partial charge on any atom is -0.449 e. The Morgan fingerprint density at radius 1 is 1.15 bits per heavy atom. The van der Waals surface area contributed by atoms with Gasteiger partial charge in [-0.25, -0.2) is 0 Å². The van der Waals surface area contributed by atoms with Gasteiger partial charge in [0, 0.05) is 6.04 Å². The van der Waals surface area contributed by atoms with E-state index in [1.807, 2.05) is 18.2 Å². The molecule has 2 aromatic rings. The van der Waals surface area contributed by atoms with Gasteiger partial charge in [0.05, 0.1) is 6.54 Å². The second kappa shape index (κ2) is 5.94. The fraction of sp³-hybridized carbons (Fsp3) is 0.353. The Morgan fingerprint density at radius 2 is 1.85 bits per heavy atom. The van der Waals surface area contributed by atoms with Crippen molar-refractivity contribution in [1.82, 2.24) is 5.32 Å². The molecule has 0 bridgehead atoms. The summed E-state index contributed by atoms with van der Waals surface area (Å²) in [6.07, 6.45) is 0. The predicted molar refractivity (Wildman–Crippen MR) is 78.9 cm³/mol. The van der Waals surface area contributed by atoms with Crippen molar-refractivity contribution in [3.63, 3.8) is 0 Å². The van der Waals surface area contributed by atoms with E-state index in [2.05, 4.69) is 50.4 Å². The third kappa shape index (κ3) is 3.49. The summed E-state index contributed by atoms with van der Waals surface area (Å²) in [4.78, 5) is 0. The first kappa shape index (κ1) is 14.4. The van der Waals surface area contributed by atoms with Crippen LogP contribution in [0.5, 0.6) is 0 Å². The van der Waals surface area contributed by atoms with Gasteiger partial charge in [0.15, 0.2) is 0 Å². The molecule has 0 fully saturated rings. The van der Waals surface area contributed by atoms with Crippen molar-refractivity contribution in [1.29, 1.82) is 5.26 Å². The van der Waals surface area contributed by atoms with Crippen molar-refractivity contribution in [3.05, 3.63) is 59.5 Å². The molecule has 1 N–H and O–H groups in total. The maximum Gasteiger partial charge on any atom is 0.203 e. The van der Waals surface area contributed by atoms with Crippen molar-refractivity contribution in [2.45, 2.75) is 33.4 Å². The molecule has 3 heteroatoms. The van der Waals surface area contributed by atoms with Crippen LogP contribution in [0.25, 0.3) is 0 Å². The Morgan fingerprint density at radius 3 is 2.40 bits per heavy atom. The van der Waals surface area contributed by atoms with Gasteiger partial charge >= 0.3 is 0 Å². The minimum absolute atomic E-state index is 0.0893. The van der Waals surface area contributed by atoms with Crippen LogP contribution >= 0.6 is 0 Å². The summed E-state index contributed by atoms with van der Waals surface area (Å²) in [5.74, 6) is 1.14. The van der Waals surface area contributed by atoms with E-state index in [0.717, 1.165) is 5.76 Å². The Hall–Kier alpha value is -2.05. The highest BCUT2D eigenvalue weighted by Crippen LogP contribution is 2.32. The Labute approximate surface area is 120 Å². The Kier molecular flexibility index (Phi) is 4.26. The maximum atomic E-state index is 8.77. The second-order valence-corrected chi connectivity index (χ2v) is 5.97. The lowest BCUT2D eigenvalue weighted by Gasteiger charge is -2.32. The monoisotopic (exact) mass is 268 g/mol. The average Bonchev–Trinajstić information content (AvgIpc) is 2.87. The molecule has 1 atom stereocenters. The molecule has 1 aromatic heterocycles. The molecule has 0 radical (unpaired) electrons. The number of hydrogen-bond donors (Lipinski definition) is 1. The van der Waals surface area contributed by atoms with Gasteiger partial charge in [-0.1, -0.05) is 51.1 Å². The van der Waals surface area contributed by atoms with E-state index in [9.17, 15) is 0 Å². The SMILES string of the molecule is CC(C)(C)C(NCc1ccc(C#N)o1)c1ccccc1. The van der Waals surface area contributed by atoms with Gasteiger partial charge < -0.3 is 9.73 Å². The van der Waals surface area contributed by atoms with Gasteiger partial charge in [-0.05, 0) is 23.1 Å². The summed E-state index contributed by atoms with van der Waals surface area (Å²) in [5, 5.41) is 12.3. The lowest BCUT2D eigenvalue weighted by atomic mass is 9.82. The quantitative estimate of drug-likeness (QED) is 0.910. The molecule has 104 valence electrons. The van der Waals surface area contributed by atoms with Crippen LogP contribution in [-0.4, -0.2) is 0 Å². The zero-order chi connectivity index (χ0) is 14.6. The standard InChI is InChI=1S/C17H20N2O/c1-17(2,3)16(13-7-5-4-6-8-13)19-12-15-10-9-14(11-18)20-15/h4-10,16,19H,12H2,1-3H3.